The number of anilines is 1. The maximum atomic E-state index is 12.3. The maximum Gasteiger partial charge on any atom is 0.269 e. The molecule has 2 N–H and O–H groups in total. The van der Waals surface area contributed by atoms with Gasteiger partial charge in [0.25, 0.3) is 11.5 Å². The molecule has 0 spiro atoms. The Morgan fingerprint density at radius 3 is 2.75 bits per heavy atom. The molecule has 0 aromatic carbocycles. The second-order valence-corrected chi connectivity index (χ2v) is 8.66. The van der Waals surface area contributed by atoms with E-state index in [9.17, 15) is 9.59 Å². The molecule has 3 aromatic rings. The fourth-order valence-electron chi connectivity index (χ4n) is 4.79. The second-order valence-electron chi connectivity index (χ2n) is 8.66. The summed E-state index contributed by atoms with van der Waals surface area (Å²) < 4.78 is 0. The summed E-state index contributed by atoms with van der Waals surface area (Å²) in [5.74, 6) is -0.169. The number of hydrogen-bond acceptors (Lipinski definition) is 6. The van der Waals surface area contributed by atoms with Crippen molar-refractivity contribution in [2.45, 2.75) is 45.3 Å². The number of aromatic nitrogens is 3. The van der Waals surface area contributed by atoms with E-state index in [0.717, 1.165) is 59.5 Å². The predicted molar refractivity (Wildman–Crippen MR) is 124 cm³/mol. The summed E-state index contributed by atoms with van der Waals surface area (Å²) in [5, 5.41) is 2.60. The van der Waals surface area contributed by atoms with E-state index in [0.29, 0.717) is 24.2 Å². The van der Waals surface area contributed by atoms with Crippen LogP contribution >= 0.6 is 0 Å². The zero-order valence-electron chi connectivity index (χ0n) is 18.7. The molecule has 32 heavy (non-hydrogen) atoms. The first kappa shape index (κ1) is 20.6. The minimum absolute atomic E-state index is 0.0195. The normalized spacial score (nSPS) is 20.3. The van der Waals surface area contributed by atoms with Gasteiger partial charge in [0, 0.05) is 50.5 Å². The van der Waals surface area contributed by atoms with Gasteiger partial charge in [0.2, 0.25) is 0 Å². The number of aryl methyl sites for hydroxylation is 2. The Bertz CT molecular complexity index is 1240. The van der Waals surface area contributed by atoms with E-state index in [1.54, 1.807) is 19.3 Å². The summed E-state index contributed by atoms with van der Waals surface area (Å²) >= 11 is 0. The van der Waals surface area contributed by atoms with Crippen molar-refractivity contribution in [2.75, 3.05) is 25.0 Å². The maximum absolute atomic E-state index is 12.3. The Hall–Kier alpha value is -3.26. The Balaban J connectivity index is 1.31. The number of H-pyrrole nitrogens is 1. The van der Waals surface area contributed by atoms with Crippen molar-refractivity contribution in [3.05, 3.63) is 63.3 Å². The first-order valence-electron chi connectivity index (χ1n) is 11.2. The van der Waals surface area contributed by atoms with E-state index in [-0.39, 0.29) is 11.5 Å². The van der Waals surface area contributed by atoms with E-state index >= 15 is 0 Å². The van der Waals surface area contributed by atoms with E-state index in [4.69, 9.17) is 0 Å². The van der Waals surface area contributed by atoms with Crippen LogP contribution in [-0.4, -0.2) is 58.0 Å². The van der Waals surface area contributed by atoms with Crippen LogP contribution in [0.3, 0.4) is 0 Å². The average Bonchev–Trinajstić information content (AvgIpc) is 3.62. The molecule has 166 valence electrons. The molecule has 1 aliphatic heterocycles. The van der Waals surface area contributed by atoms with Crippen LogP contribution in [0.5, 0.6) is 0 Å². The molecule has 8 heteroatoms. The number of aromatic amines is 1. The Morgan fingerprint density at radius 2 is 2.03 bits per heavy atom. The highest BCUT2D eigenvalue weighted by Gasteiger charge is 2.49. The smallest absolute Gasteiger partial charge is 0.269 e. The highest BCUT2D eigenvalue weighted by atomic mass is 16.1. The molecule has 4 heterocycles. The number of rotatable bonds is 5. The first-order valence-corrected chi connectivity index (χ1v) is 11.2. The van der Waals surface area contributed by atoms with Crippen LogP contribution in [0.25, 0.3) is 11.0 Å². The molecule has 2 fully saturated rings. The van der Waals surface area contributed by atoms with Gasteiger partial charge in [0.05, 0.1) is 22.9 Å². The predicted octanol–water partition coefficient (Wildman–Crippen LogP) is 2.01. The van der Waals surface area contributed by atoms with Crippen molar-refractivity contribution in [1.82, 2.24) is 25.2 Å². The lowest BCUT2D eigenvalue weighted by atomic mass is 10.1. The van der Waals surface area contributed by atoms with Crippen molar-refractivity contribution in [2.24, 2.45) is 0 Å². The van der Waals surface area contributed by atoms with Crippen LogP contribution in [0.4, 0.5) is 5.69 Å². The molecule has 2 aliphatic rings. The topological polar surface area (TPSA) is 94.2 Å². The molecule has 5 rings (SSSR count). The SMILES string of the molecule is CCc1cc2ncc(CN3CCN(c4ccc(C(=O)NC)nc4)C4CC43)c(C)c2[nH]c1=O. The van der Waals surface area contributed by atoms with E-state index in [1.807, 2.05) is 25.3 Å². The van der Waals surface area contributed by atoms with Gasteiger partial charge in [-0.25, -0.2) is 4.98 Å². The number of nitrogens with one attached hydrogen (secondary N) is 2. The molecule has 1 saturated heterocycles. The van der Waals surface area contributed by atoms with Crippen molar-refractivity contribution in [1.29, 1.82) is 0 Å². The minimum Gasteiger partial charge on any atom is -0.364 e. The third kappa shape index (κ3) is 3.54. The van der Waals surface area contributed by atoms with Gasteiger partial charge >= 0.3 is 0 Å². The van der Waals surface area contributed by atoms with Crippen molar-refractivity contribution < 1.29 is 4.79 Å². The summed E-state index contributed by atoms with van der Waals surface area (Å²) in [4.78, 5) is 40.9. The highest BCUT2D eigenvalue weighted by molar-refractivity contribution is 5.92. The number of hydrogen-bond donors (Lipinski definition) is 2. The fraction of sp³-hybridized carbons (Fsp3) is 0.417. The van der Waals surface area contributed by atoms with Gasteiger partial charge in [0.15, 0.2) is 0 Å². The average molecular weight is 433 g/mol. The summed E-state index contributed by atoms with van der Waals surface area (Å²) in [7, 11) is 1.61. The van der Waals surface area contributed by atoms with Crippen LogP contribution in [0.15, 0.2) is 35.4 Å². The molecule has 1 amide bonds. The molecule has 1 saturated carbocycles. The van der Waals surface area contributed by atoms with Gasteiger partial charge in [-0.05, 0) is 49.1 Å². The standard InChI is InChI=1S/C24H28N6O2/c1-4-15-9-19-22(28-23(15)31)14(2)16(11-26-19)13-29-7-8-30(21-10-20(21)29)17-5-6-18(27-12-17)24(32)25-3/h5-6,9,11-12,20-21H,4,7-8,10,13H2,1-3H3,(H,25,32)(H,28,31). The van der Waals surface area contributed by atoms with Crippen LogP contribution in [0.2, 0.25) is 0 Å². The Labute approximate surface area is 186 Å². The molecular weight excluding hydrogens is 404 g/mol. The van der Waals surface area contributed by atoms with Crippen LogP contribution in [0, 0.1) is 6.92 Å². The Morgan fingerprint density at radius 1 is 1.19 bits per heavy atom. The lowest BCUT2D eigenvalue weighted by Gasteiger charge is -2.35. The second kappa shape index (κ2) is 8.02. The van der Waals surface area contributed by atoms with Crippen LogP contribution in [0.1, 0.15) is 40.5 Å². The Kier molecular flexibility index (Phi) is 5.17. The number of carbonyl (C=O) groups excluding carboxylic acids is 1. The molecule has 2 unspecified atom stereocenters. The summed E-state index contributed by atoms with van der Waals surface area (Å²) in [6.07, 6.45) is 5.58. The number of carbonyl (C=O) groups is 1. The lowest BCUT2D eigenvalue weighted by molar-refractivity contribution is 0.0958. The molecule has 1 aliphatic carbocycles. The van der Waals surface area contributed by atoms with Crippen molar-refractivity contribution in [3.8, 4) is 0 Å². The van der Waals surface area contributed by atoms with Gasteiger partial charge in [-0.2, -0.15) is 0 Å². The van der Waals surface area contributed by atoms with Crippen molar-refractivity contribution >= 4 is 22.6 Å². The fourth-order valence-corrected chi connectivity index (χ4v) is 4.79. The number of pyridine rings is 3. The number of piperazine rings is 1. The molecule has 0 bridgehead atoms. The largest absolute Gasteiger partial charge is 0.364 e. The monoisotopic (exact) mass is 432 g/mol. The molecule has 0 radical (unpaired) electrons. The molecular formula is C24H28N6O2. The highest BCUT2D eigenvalue weighted by Crippen LogP contribution is 2.40. The van der Waals surface area contributed by atoms with Crippen LogP contribution < -0.4 is 15.8 Å². The zero-order valence-corrected chi connectivity index (χ0v) is 18.7. The quantitative estimate of drug-likeness (QED) is 0.641. The van der Waals surface area contributed by atoms with E-state index in [2.05, 4.69) is 37.0 Å². The lowest BCUT2D eigenvalue weighted by Crippen LogP contribution is -2.46. The third-order valence-corrected chi connectivity index (χ3v) is 6.83. The summed E-state index contributed by atoms with van der Waals surface area (Å²) in [6.45, 7) is 6.74. The third-order valence-electron chi connectivity index (χ3n) is 6.83. The van der Waals surface area contributed by atoms with Gasteiger partial charge in [-0.15, -0.1) is 0 Å². The number of amides is 1. The van der Waals surface area contributed by atoms with Gasteiger partial charge < -0.3 is 15.2 Å². The zero-order chi connectivity index (χ0) is 22.4. The minimum atomic E-state index is -0.169. The first-order chi connectivity index (χ1) is 15.5. The molecule has 8 nitrogen and oxygen atoms in total. The molecule has 3 aromatic heterocycles. The summed E-state index contributed by atoms with van der Waals surface area (Å²) in [5.41, 5.74) is 6.21. The van der Waals surface area contributed by atoms with Gasteiger partial charge in [-0.1, -0.05) is 6.92 Å². The number of nitrogens with zero attached hydrogens (tertiary/aromatic N) is 4. The van der Waals surface area contributed by atoms with Crippen molar-refractivity contribution in [3.63, 3.8) is 0 Å². The molecule has 2 atom stereocenters. The number of fused-ring (bicyclic) bond motifs is 2. The van der Waals surface area contributed by atoms with Crippen LogP contribution in [-0.2, 0) is 13.0 Å². The van der Waals surface area contributed by atoms with E-state index < -0.39 is 0 Å². The summed E-state index contributed by atoms with van der Waals surface area (Å²) in [6, 6.07) is 6.65. The van der Waals surface area contributed by atoms with Gasteiger partial charge in [0.1, 0.15) is 5.69 Å². The van der Waals surface area contributed by atoms with E-state index in [1.165, 1.54) is 0 Å². The van der Waals surface area contributed by atoms with Gasteiger partial charge in [-0.3, -0.25) is 19.5 Å².